The second-order valence-corrected chi connectivity index (χ2v) is 7.17. The molecule has 6 nitrogen and oxygen atoms in total. The Hall–Kier alpha value is -2.51. The molecule has 28 heavy (non-hydrogen) atoms. The number of benzene rings is 1. The summed E-state index contributed by atoms with van der Waals surface area (Å²) in [6.45, 7) is 3.15. The number of rotatable bonds is 5. The van der Waals surface area contributed by atoms with Crippen molar-refractivity contribution < 1.29 is 18.7 Å². The van der Waals surface area contributed by atoms with Crippen molar-refractivity contribution in [2.24, 2.45) is 0 Å². The maximum atomic E-state index is 13.0. The fourth-order valence-electron chi connectivity index (χ4n) is 3.67. The van der Waals surface area contributed by atoms with Gasteiger partial charge in [-0.1, -0.05) is 12.1 Å². The van der Waals surface area contributed by atoms with Gasteiger partial charge in [0, 0.05) is 44.9 Å². The Morgan fingerprint density at radius 2 is 1.86 bits per heavy atom. The number of halogens is 1. The van der Waals surface area contributed by atoms with Gasteiger partial charge < -0.3 is 19.7 Å². The summed E-state index contributed by atoms with van der Waals surface area (Å²) in [5, 5.41) is 3.28. The predicted octanol–water partition coefficient (Wildman–Crippen LogP) is 2.85. The van der Waals surface area contributed by atoms with E-state index in [-0.39, 0.29) is 11.7 Å². The molecule has 0 unspecified atom stereocenters. The van der Waals surface area contributed by atoms with Crippen molar-refractivity contribution in [1.82, 2.24) is 9.88 Å². The lowest BCUT2D eigenvalue weighted by Crippen LogP contribution is -2.47. The summed E-state index contributed by atoms with van der Waals surface area (Å²) in [7, 11) is 0. The molecular weight excluding hydrogens is 361 g/mol. The van der Waals surface area contributed by atoms with Gasteiger partial charge in [0.25, 0.3) is 5.91 Å². The average Bonchev–Trinajstić information content (AvgIpc) is 3.18. The van der Waals surface area contributed by atoms with Crippen LogP contribution in [0.2, 0.25) is 0 Å². The van der Waals surface area contributed by atoms with Crippen LogP contribution in [-0.2, 0) is 15.9 Å². The quantitative estimate of drug-likeness (QED) is 0.858. The van der Waals surface area contributed by atoms with Crippen LogP contribution in [0.4, 0.5) is 10.1 Å². The molecule has 148 valence electrons. The molecule has 7 heteroatoms. The number of pyridine rings is 1. The van der Waals surface area contributed by atoms with Crippen molar-refractivity contribution in [3.05, 3.63) is 59.7 Å². The second kappa shape index (κ2) is 8.24. The number of carbonyl (C=O) groups excluding carboxylic acids is 1. The van der Waals surface area contributed by atoms with Crippen LogP contribution in [0.1, 0.15) is 28.8 Å². The minimum absolute atomic E-state index is 0.0254. The summed E-state index contributed by atoms with van der Waals surface area (Å²) in [6.07, 6.45) is 5.45. The maximum Gasteiger partial charge on any atom is 0.255 e. The number of anilines is 1. The molecule has 0 aliphatic carbocycles. The Labute approximate surface area is 163 Å². The lowest BCUT2D eigenvalue weighted by molar-refractivity contribution is -0.181. The summed E-state index contributed by atoms with van der Waals surface area (Å²) < 4.78 is 24.4. The summed E-state index contributed by atoms with van der Waals surface area (Å²) >= 11 is 0. The number of likely N-dealkylation sites (tertiary alicyclic amines) is 1. The zero-order valence-corrected chi connectivity index (χ0v) is 15.7. The van der Waals surface area contributed by atoms with E-state index in [1.54, 1.807) is 24.5 Å². The first-order valence-corrected chi connectivity index (χ1v) is 9.64. The molecule has 1 N–H and O–H groups in total. The van der Waals surface area contributed by atoms with Gasteiger partial charge in [0.15, 0.2) is 5.79 Å². The van der Waals surface area contributed by atoms with Gasteiger partial charge in [0.2, 0.25) is 0 Å². The van der Waals surface area contributed by atoms with E-state index in [2.05, 4.69) is 10.3 Å². The molecule has 1 aromatic heterocycles. The summed E-state index contributed by atoms with van der Waals surface area (Å²) in [5.41, 5.74) is 2.41. The van der Waals surface area contributed by atoms with Crippen LogP contribution < -0.4 is 5.32 Å². The normalized spacial score (nSPS) is 18.4. The van der Waals surface area contributed by atoms with Gasteiger partial charge in [0.1, 0.15) is 5.82 Å². The number of hydrogen-bond donors (Lipinski definition) is 1. The molecule has 0 radical (unpaired) electrons. The Morgan fingerprint density at radius 3 is 2.57 bits per heavy atom. The monoisotopic (exact) mass is 385 g/mol. The highest BCUT2D eigenvalue weighted by molar-refractivity contribution is 5.94. The van der Waals surface area contributed by atoms with Gasteiger partial charge in [-0.3, -0.25) is 9.78 Å². The van der Waals surface area contributed by atoms with Crippen molar-refractivity contribution in [2.75, 3.05) is 38.2 Å². The third-order valence-electron chi connectivity index (χ3n) is 5.27. The van der Waals surface area contributed by atoms with Gasteiger partial charge in [-0.2, -0.15) is 0 Å². The van der Waals surface area contributed by atoms with E-state index in [0.717, 1.165) is 17.7 Å². The zero-order chi connectivity index (χ0) is 19.4. The molecule has 1 aromatic carbocycles. The Bertz CT molecular complexity index is 812. The molecule has 1 amide bonds. The molecule has 4 rings (SSSR count). The van der Waals surface area contributed by atoms with Crippen molar-refractivity contribution in [2.45, 2.75) is 25.0 Å². The highest BCUT2D eigenvalue weighted by atomic mass is 19.1. The summed E-state index contributed by atoms with van der Waals surface area (Å²) in [5.74, 6) is -0.747. The molecule has 0 saturated carbocycles. The molecular formula is C21H24FN3O3. The molecule has 2 aliphatic heterocycles. The molecule has 2 aliphatic rings. The first kappa shape index (κ1) is 18.8. The van der Waals surface area contributed by atoms with E-state index in [1.807, 2.05) is 11.0 Å². The third-order valence-corrected chi connectivity index (χ3v) is 5.27. The van der Waals surface area contributed by atoms with Crippen molar-refractivity contribution >= 4 is 11.6 Å². The Kier molecular flexibility index (Phi) is 5.54. The number of amides is 1. The van der Waals surface area contributed by atoms with Crippen LogP contribution in [0.5, 0.6) is 0 Å². The fourth-order valence-corrected chi connectivity index (χ4v) is 3.67. The van der Waals surface area contributed by atoms with Gasteiger partial charge in [0.05, 0.1) is 24.5 Å². The van der Waals surface area contributed by atoms with Gasteiger partial charge >= 0.3 is 0 Å². The number of nitrogens with one attached hydrogen (secondary N) is 1. The van der Waals surface area contributed by atoms with Crippen LogP contribution in [0, 0.1) is 5.82 Å². The molecule has 2 aromatic rings. The molecule has 3 heterocycles. The molecule has 2 saturated heterocycles. The lowest BCUT2D eigenvalue weighted by atomic mass is 10.0. The maximum absolute atomic E-state index is 13.0. The van der Waals surface area contributed by atoms with Crippen molar-refractivity contribution in [3.63, 3.8) is 0 Å². The smallest absolute Gasteiger partial charge is 0.255 e. The van der Waals surface area contributed by atoms with Gasteiger partial charge in [-0.25, -0.2) is 4.39 Å². The highest BCUT2D eigenvalue weighted by Gasteiger charge is 2.40. The first-order chi connectivity index (χ1) is 13.6. The average molecular weight is 385 g/mol. The second-order valence-electron chi connectivity index (χ2n) is 7.17. The topological polar surface area (TPSA) is 63.7 Å². The minimum Gasteiger partial charge on any atom is -0.383 e. The molecule has 2 fully saturated rings. The third kappa shape index (κ3) is 4.31. The van der Waals surface area contributed by atoms with E-state index in [0.29, 0.717) is 51.3 Å². The van der Waals surface area contributed by atoms with E-state index in [9.17, 15) is 9.18 Å². The summed E-state index contributed by atoms with van der Waals surface area (Å²) in [4.78, 5) is 18.9. The zero-order valence-electron chi connectivity index (χ0n) is 15.7. The lowest BCUT2D eigenvalue weighted by Gasteiger charge is -2.37. The first-order valence-electron chi connectivity index (χ1n) is 9.64. The molecule has 1 spiro atoms. The Morgan fingerprint density at radius 1 is 1.14 bits per heavy atom. The van der Waals surface area contributed by atoms with Crippen molar-refractivity contribution in [3.8, 4) is 0 Å². The van der Waals surface area contributed by atoms with E-state index >= 15 is 0 Å². The number of carbonyl (C=O) groups is 1. The van der Waals surface area contributed by atoms with Crippen LogP contribution in [-0.4, -0.2) is 54.4 Å². The number of ether oxygens (including phenoxy) is 2. The van der Waals surface area contributed by atoms with E-state index in [1.165, 1.54) is 12.1 Å². The van der Waals surface area contributed by atoms with E-state index < -0.39 is 5.79 Å². The van der Waals surface area contributed by atoms with E-state index in [4.69, 9.17) is 9.47 Å². The highest BCUT2D eigenvalue weighted by Crippen LogP contribution is 2.31. The minimum atomic E-state index is -0.487. The number of hydrogen-bond acceptors (Lipinski definition) is 5. The van der Waals surface area contributed by atoms with Gasteiger partial charge in [-0.15, -0.1) is 0 Å². The van der Waals surface area contributed by atoms with Crippen LogP contribution in [0.15, 0.2) is 42.7 Å². The largest absolute Gasteiger partial charge is 0.383 e. The fraction of sp³-hybridized carbons (Fsp3) is 0.429. The van der Waals surface area contributed by atoms with Crippen LogP contribution in [0.3, 0.4) is 0 Å². The number of piperidine rings is 1. The Balaban J connectivity index is 1.31. The van der Waals surface area contributed by atoms with Gasteiger partial charge in [-0.05, 0) is 30.2 Å². The number of aromatic nitrogens is 1. The number of nitrogens with zero attached hydrogens (tertiary/aromatic N) is 2. The summed E-state index contributed by atoms with van der Waals surface area (Å²) in [6, 6.07) is 8.29. The van der Waals surface area contributed by atoms with Crippen LogP contribution >= 0.6 is 0 Å². The van der Waals surface area contributed by atoms with Crippen molar-refractivity contribution in [1.29, 1.82) is 0 Å². The molecule has 0 bridgehead atoms. The molecule has 0 atom stereocenters. The van der Waals surface area contributed by atoms with Crippen LogP contribution in [0.25, 0.3) is 0 Å². The SMILES string of the molecule is O=C(c1cncc(NCCc2ccc(F)cc2)c1)N1CCC2(CC1)OCCO2. The standard InChI is InChI=1S/C21H24FN3O3/c22-18-3-1-16(2-4-18)5-8-24-19-13-17(14-23-15-19)20(26)25-9-6-21(7-10-25)27-11-12-28-21/h1-4,13-15,24H,5-12H2. The predicted molar refractivity (Wildman–Crippen MR) is 103 cm³/mol.